The summed E-state index contributed by atoms with van der Waals surface area (Å²) in [5.41, 5.74) is 1.29. The molecule has 0 fully saturated rings. The highest BCUT2D eigenvalue weighted by Gasteiger charge is 2.32. The predicted octanol–water partition coefficient (Wildman–Crippen LogP) is 4.24. The van der Waals surface area contributed by atoms with E-state index < -0.39 is 12.1 Å². The molecule has 0 aliphatic rings. The zero-order valence-electron chi connectivity index (χ0n) is 11.1. The molecule has 0 amide bonds. The fourth-order valence-electron chi connectivity index (χ4n) is 1.83. The van der Waals surface area contributed by atoms with Crippen LogP contribution in [0, 0.1) is 12.3 Å². The van der Waals surface area contributed by atoms with Crippen LogP contribution in [0.15, 0.2) is 42.5 Å². The Morgan fingerprint density at radius 2 is 1.76 bits per heavy atom. The van der Waals surface area contributed by atoms with Gasteiger partial charge in [0, 0.05) is 0 Å². The van der Waals surface area contributed by atoms with E-state index in [0.29, 0.717) is 16.9 Å². The molecule has 0 saturated heterocycles. The second kappa shape index (κ2) is 5.80. The fourth-order valence-corrected chi connectivity index (χ4v) is 1.83. The lowest BCUT2D eigenvalue weighted by atomic mass is 10.0. The number of rotatable bonds is 3. The number of halogens is 3. The van der Waals surface area contributed by atoms with E-state index in [0.717, 1.165) is 0 Å². The summed E-state index contributed by atoms with van der Waals surface area (Å²) in [4.78, 5) is 0. The molecule has 0 radical (unpaired) electrons. The number of terminal acetylenes is 1. The average molecular weight is 292 g/mol. The van der Waals surface area contributed by atoms with Crippen molar-refractivity contribution in [1.82, 2.24) is 0 Å². The molecule has 0 atom stereocenters. The van der Waals surface area contributed by atoms with Crippen molar-refractivity contribution in [1.29, 1.82) is 0 Å². The highest BCUT2D eigenvalue weighted by Crippen LogP contribution is 2.32. The summed E-state index contributed by atoms with van der Waals surface area (Å²) in [5.74, 6) is 2.38. The minimum Gasteiger partial charge on any atom is -0.497 e. The van der Waals surface area contributed by atoms with Crippen molar-refractivity contribution in [2.75, 3.05) is 7.11 Å². The standard InChI is InChI=1S/C16H11F3O2/c1-3-11-7-8-13(10-15(11)21-16(17,18)19)12-5-4-6-14(9-12)20-2/h1,4-10H,2H3. The maximum atomic E-state index is 12.4. The van der Waals surface area contributed by atoms with Crippen molar-refractivity contribution in [3.63, 3.8) is 0 Å². The van der Waals surface area contributed by atoms with Crippen molar-refractivity contribution in [2.24, 2.45) is 0 Å². The third-order valence-corrected chi connectivity index (χ3v) is 2.77. The zero-order valence-corrected chi connectivity index (χ0v) is 11.1. The van der Waals surface area contributed by atoms with E-state index in [1.807, 2.05) is 0 Å². The SMILES string of the molecule is C#Cc1ccc(-c2cccc(OC)c2)cc1OC(F)(F)F. The van der Waals surface area contributed by atoms with Gasteiger partial charge in [0.1, 0.15) is 11.5 Å². The topological polar surface area (TPSA) is 18.5 Å². The van der Waals surface area contributed by atoms with Gasteiger partial charge in [-0.3, -0.25) is 0 Å². The molecule has 2 rings (SSSR count). The van der Waals surface area contributed by atoms with E-state index >= 15 is 0 Å². The summed E-state index contributed by atoms with van der Waals surface area (Å²) in [6, 6.07) is 11.3. The van der Waals surface area contributed by atoms with Crippen molar-refractivity contribution in [3.05, 3.63) is 48.0 Å². The van der Waals surface area contributed by atoms with Crippen LogP contribution in [0.4, 0.5) is 13.2 Å². The van der Waals surface area contributed by atoms with Crippen LogP contribution in [0.1, 0.15) is 5.56 Å². The summed E-state index contributed by atoms with van der Waals surface area (Å²) in [6.45, 7) is 0. The summed E-state index contributed by atoms with van der Waals surface area (Å²) in [5, 5.41) is 0. The first-order chi connectivity index (χ1) is 9.93. The molecule has 0 unspecified atom stereocenters. The van der Waals surface area contributed by atoms with Crippen LogP contribution in [0.5, 0.6) is 11.5 Å². The lowest BCUT2D eigenvalue weighted by molar-refractivity contribution is -0.274. The number of ether oxygens (including phenoxy) is 2. The predicted molar refractivity (Wildman–Crippen MR) is 73.0 cm³/mol. The number of methoxy groups -OCH3 is 1. The molecule has 0 aliphatic carbocycles. The summed E-state index contributed by atoms with van der Waals surface area (Å²) in [7, 11) is 1.51. The number of hydrogen-bond donors (Lipinski definition) is 0. The largest absolute Gasteiger partial charge is 0.573 e. The first-order valence-electron chi connectivity index (χ1n) is 5.94. The van der Waals surface area contributed by atoms with E-state index in [9.17, 15) is 13.2 Å². The van der Waals surface area contributed by atoms with Crippen LogP contribution >= 0.6 is 0 Å². The Hall–Kier alpha value is -2.61. The first-order valence-corrected chi connectivity index (χ1v) is 5.94. The van der Waals surface area contributed by atoms with Crippen molar-refractivity contribution >= 4 is 0 Å². The molecule has 0 bridgehead atoms. The van der Waals surface area contributed by atoms with E-state index in [-0.39, 0.29) is 5.56 Å². The molecular weight excluding hydrogens is 281 g/mol. The van der Waals surface area contributed by atoms with Gasteiger partial charge in [-0.2, -0.15) is 0 Å². The molecule has 21 heavy (non-hydrogen) atoms. The summed E-state index contributed by atoms with van der Waals surface area (Å²) < 4.78 is 46.3. The van der Waals surface area contributed by atoms with Crippen LogP contribution in [-0.4, -0.2) is 13.5 Å². The monoisotopic (exact) mass is 292 g/mol. The quantitative estimate of drug-likeness (QED) is 0.788. The molecule has 0 aromatic heterocycles. The molecule has 5 heteroatoms. The van der Waals surface area contributed by atoms with Crippen LogP contribution in [0.25, 0.3) is 11.1 Å². The van der Waals surface area contributed by atoms with E-state index in [1.165, 1.54) is 19.2 Å². The van der Waals surface area contributed by atoms with Gasteiger partial charge in [0.15, 0.2) is 0 Å². The normalized spacial score (nSPS) is 10.8. The van der Waals surface area contributed by atoms with Gasteiger partial charge in [-0.05, 0) is 35.4 Å². The Morgan fingerprint density at radius 1 is 1.05 bits per heavy atom. The molecule has 0 spiro atoms. The molecule has 0 heterocycles. The van der Waals surface area contributed by atoms with Gasteiger partial charge in [0.2, 0.25) is 0 Å². The van der Waals surface area contributed by atoms with Crippen molar-refractivity contribution < 1.29 is 22.6 Å². The number of alkyl halides is 3. The van der Waals surface area contributed by atoms with Gasteiger partial charge < -0.3 is 9.47 Å². The lowest BCUT2D eigenvalue weighted by Crippen LogP contribution is -2.17. The van der Waals surface area contributed by atoms with Crippen molar-refractivity contribution in [2.45, 2.75) is 6.36 Å². The third-order valence-electron chi connectivity index (χ3n) is 2.77. The highest BCUT2D eigenvalue weighted by molar-refractivity contribution is 5.68. The second-order valence-electron chi connectivity index (χ2n) is 4.14. The molecule has 2 nitrogen and oxygen atoms in total. The Kier molecular flexibility index (Phi) is 4.08. The first kappa shape index (κ1) is 14.8. The maximum absolute atomic E-state index is 12.4. The Labute approximate surface area is 120 Å². The Bertz CT molecular complexity index is 685. The van der Waals surface area contributed by atoms with Gasteiger partial charge in [0.25, 0.3) is 0 Å². The molecule has 2 aromatic rings. The fraction of sp³-hybridized carbons (Fsp3) is 0.125. The Balaban J connectivity index is 2.46. The molecule has 0 N–H and O–H groups in total. The maximum Gasteiger partial charge on any atom is 0.573 e. The summed E-state index contributed by atoms with van der Waals surface area (Å²) in [6.07, 6.45) is 0.393. The van der Waals surface area contributed by atoms with Crippen LogP contribution < -0.4 is 9.47 Å². The number of hydrogen-bond acceptors (Lipinski definition) is 2. The number of benzene rings is 2. The summed E-state index contributed by atoms with van der Waals surface area (Å²) >= 11 is 0. The van der Waals surface area contributed by atoms with Crippen molar-refractivity contribution in [3.8, 4) is 35.0 Å². The smallest absolute Gasteiger partial charge is 0.497 e. The van der Waals surface area contributed by atoms with Gasteiger partial charge in [-0.25, -0.2) is 0 Å². The molecule has 0 aliphatic heterocycles. The molecular formula is C16H11F3O2. The van der Waals surface area contributed by atoms with Gasteiger partial charge in [-0.15, -0.1) is 19.6 Å². The van der Waals surface area contributed by atoms with Gasteiger partial charge >= 0.3 is 6.36 Å². The average Bonchev–Trinajstić information content (AvgIpc) is 2.45. The second-order valence-corrected chi connectivity index (χ2v) is 4.14. The van der Waals surface area contributed by atoms with E-state index in [4.69, 9.17) is 11.2 Å². The van der Waals surface area contributed by atoms with E-state index in [1.54, 1.807) is 30.3 Å². The Morgan fingerprint density at radius 3 is 2.38 bits per heavy atom. The third kappa shape index (κ3) is 3.69. The minimum atomic E-state index is -4.79. The lowest BCUT2D eigenvalue weighted by Gasteiger charge is -2.12. The van der Waals surface area contributed by atoms with Gasteiger partial charge in [-0.1, -0.05) is 24.1 Å². The van der Waals surface area contributed by atoms with E-state index in [2.05, 4.69) is 10.7 Å². The highest BCUT2D eigenvalue weighted by atomic mass is 19.4. The van der Waals surface area contributed by atoms with Crippen LogP contribution in [-0.2, 0) is 0 Å². The van der Waals surface area contributed by atoms with Gasteiger partial charge in [0.05, 0.1) is 12.7 Å². The van der Waals surface area contributed by atoms with Crippen LogP contribution in [0.2, 0.25) is 0 Å². The molecule has 0 saturated carbocycles. The zero-order chi connectivity index (χ0) is 15.5. The van der Waals surface area contributed by atoms with Crippen LogP contribution in [0.3, 0.4) is 0 Å². The minimum absolute atomic E-state index is 0.0407. The molecule has 108 valence electrons. The molecule has 2 aromatic carbocycles.